The van der Waals surface area contributed by atoms with Gasteiger partial charge >= 0.3 is 5.97 Å². The van der Waals surface area contributed by atoms with Crippen molar-refractivity contribution in [2.75, 3.05) is 0 Å². The molecule has 0 saturated heterocycles. The number of carboxylic acid groups (broad SMARTS) is 1. The van der Waals surface area contributed by atoms with Crippen LogP contribution in [0.4, 0.5) is 0 Å². The summed E-state index contributed by atoms with van der Waals surface area (Å²) >= 11 is 0. The lowest BCUT2D eigenvalue weighted by molar-refractivity contribution is -0.156. The smallest absolute Gasteiger partial charge is 0.311 e. The molecule has 1 aromatic rings. The number of aliphatic carboxylic acids is 1. The first-order chi connectivity index (χ1) is 6.67. The van der Waals surface area contributed by atoms with Gasteiger partial charge in [-0.05, 0) is 24.5 Å². The molecular formula is C10H14N2O2. The van der Waals surface area contributed by atoms with Crippen molar-refractivity contribution in [1.82, 2.24) is 4.98 Å². The monoisotopic (exact) mass is 194 g/mol. The van der Waals surface area contributed by atoms with Crippen LogP contribution in [0.1, 0.15) is 30.9 Å². The van der Waals surface area contributed by atoms with Crippen LogP contribution in [-0.2, 0) is 4.79 Å². The van der Waals surface area contributed by atoms with Crippen LogP contribution < -0.4 is 5.73 Å². The lowest BCUT2D eigenvalue weighted by Gasteiger charge is -2.42. The van der Waals surface area contributed by atoms with Crippen LogP contribution >= 0.6 is 0 Å². The Balaban J connectivity index is 2.25. The first-order valence-electron chi connectivity index (χ1n) is 4.78. The van der Waals surface area contributed by atoms with Gasteiger partial charge in [0.05, 0.1) is 5.41 Å². The zero-order chi connectivity index (χ0) is 10.2. The van der Waals surface area contributed by atoms with E-state index >= 15 is 0 Å². The van der Waals surface area contributed by atoms with Gasteiger partial charge in [-0.15, -0.1) is 0 Å². The number of carboxylic acids is 1. The van der Waals surface area contributed by atoms with Crippen LogP contribution in [0.5, 0.6) is 0 Å². The molecule has 76 valence electrons. The molecule has 0 amide bonds. The van der Waals surface area contributed by atoms with Gasteiger partial charge < -0.3 is 15.8 Å². The van der Waals surface area contributed by atoms with Gasteiger partial charge in [0.15, 0.2) is 0 Å². The molecular weight excluding hydrogens is 180 g/mol. The van der Waals surface area contributed by atoms with Crippen LogP contribution in [-0.4, -0.2) is 16.1 Å². The second-order valence-corrected chi connectivity index (χ2v) is 3.94. The maximum Gasteiger partial charge on any atom is 0.311 e. The predicted molar refractivity (Wildman–Crippen MR) is 51.6 cm³/mol. The molecule has 2 rings (SSSR count). The summed E-state index contributed by atoms with van der Waals surface area (Å²) in [6.07, 6.45) is 5.88. The number of nitrogens with one attached hydrogen (secondary N) is 1. The summed E-state index contributed by atoms with van der Waals surface area (Å²) in [6, 6.07) is 1.45. The number of hydrogen-bond donors (Lipinski definition) is 3. The highest BCUT2D eigenvalue weighted by Gasteiger charge is 2.49. The summed E-state index contributed by atoms with van der Waals surface area (Å²) in [4.78, 5) is 14.0. The molecule has 4 heteroatoms. The Bertz CT molecular complexity index is 328. The van der Waals surface area contributed by atoms with Crippen molar-refractivity contribution < 1.29 is 9.90 Å². The summed E-state index contributed by atoms with van der Waals surface area (Å²) in [5.74, 6) is -0.766. The molecule has 1 aromatic heterocycles. The van der Waals surface area contributed by atoms with E-state index in [4.69, 9.17) is 10.8 Å². The minimum absolute atomic E-state index is 0.389. The van der Waals surface area contributed by atoms with Crippen molar-refractivity contribution in [3.05, 3.63) is 24.0 Å². The molecule has 0 aliphatic heterocycles. The van der Waals surface area contributed by atoms with Crippen molar-refractivity contribution in [2.45, 2.75) is 25.3 Å². The molecule has 14 heavy (non-hydrogen) atoms. The van der Waals surface area contributed by atoms with Crippen molar-refractivity contribution in [3.8, 4) is 0 Å². The fraction of sp³-hybridized carbons (Fsp3) is 0.500. The van der Waals surface area contributed by atoms with E-state index in [9.17, 15) is 4.79 Å². The molecule has 1 aliphatic rings. The molecule has 4 N–H and O–H groups in total. The highest BCUT2D eigenvalue weighted by Crippen LogP contribution is 2.49. The molecule has 4 nitrogen and oxygen atoms in total. The van der Waals surface area contributed by atoms with Crippen molar-refractivity contribution in [2.24, 2.45) is 11.1 Å². The Labute approximate surface area is 82.1 Å². The minimum atomic E-state index is -0.766. The largest absolute Gasteiger partial charge is 0.481 e. The summed E-state index contributed by atoms with van der Waals surface area (Å²) in [5.41, 5.74) is 6.14. The Kier molecular flexibility index (Phi) is 2.07. The average Bonchev–Trinajstić information content (AvgIpc) is 2.51. The van der Waals surface area contributed by atoms with Gasteiger partial charge in [0.25, 0.3) is 0 Å². The average molecular weight is 194 g/mol. The van der Waals surface area contributed by atoms with E-state index in [1.54, 1.807) is 12.4 Å². The SMILES string of the molecule is NC(c1cc[nH]c1)C1(C(=O)O)CCC1. The lowest BCUT2D eigenvalue weighted by atomic mass is 9.63. The second kappa shape index (κ2) is 3.13. The van der Waals surface area contributed by atoms with Crippen LogP contribution in [0, 0.1) is 5.41 Å². The number of carbonyl (C=O) groups is 1. The Morgan fingerprint density at radius 2 is 2.36 bits per heavy atom. The number of aromatic nitrogens is 1. The molecule has 1 aliphatic carbocycles. The maximum atomic E-state index is 11.1. The normalized spacial score (nSPS) is 21.2. The molecule has 0 aromatic carbocycles. The fourth-order valence-electron chi connectivity index (χ4n) is 2.06. The number of H-pyrrole nitrogens is 1. The lowest BCUT2D eigenvalue weighted by Crippen LogP contribution is -2.46. The number of nitrogens with two attached hydrogens (primary N) is 1. The van der Waals surface area contributed by atoms with E-state index < -0.39 is 11.4 Å². The van der Waals surface area contributed by atoms with Gasteiger partial charge in [0.2, 0.25) is 0 Å². The molecule has 0 bridgehead atoms. The predicted octanol–water partition coefficient (Wildman–Crippen LogP) is 1.27. The molecule has 0 spiro atoms. The number of aromatic amines is 1. The molecule has 1 fully saturated rings. The third-order valence-corrected chi connectivity index (χ3v) is 3.25. The molecule has 1 unspecified atom stereocenters. The van der Waals surface area contributed by atoms with E-state index in [1.165, 1.54) is 0 Å². The van der Waals surface area contributed by atoms with E-state index in [2.05, 4.69) is 4.98 Å². The molecule has 1 saturated carbocycles. The summed E-state index contributed by atoms with van der Waals surface area (Å²) in [6.45, 7) is 0. The third-order valence-electron chi connectivity index (χ3n) is 3.25. The van der Waals surface area contributed by atoms with Crippen molar-refractivity contribution in [1.29, 1.82) is 0 Å². The Morgan fingerprint density at radius 1 is 1.64 bits per heavy atom. The molecule has 0 radical (unpaired) electrons. The molecule has 1 atom stereocenters. The fourth-order valence-corrected chi connectivity index (χ4v) is 2.06. The minimum Gasteiger partial charge on any atom is -0.481 e. The first kappa shape index (κ1) is 9.27. The van der Waals surface area contributed by atoms with Gasteiger partial charge in [0.1, 0.15) is 0 Å². The van der Waals surface area contributed by atoms with Gasteiger partial charge in [-0.1, -0.05) is 6.42 Å². The quantitative estimate of drug-likeness (QED) is 0.678. The number of rotatable bonds is 3. The van der Waals surface area contributed by atoms with Crippen LogP contribution in [0.25, 0.3) is 0 Å². The van der Waals surface area contributed by atoms with E-state index in [0.29, 0.717) is 12.8 Å². The van der Waals surface area contributed by atoms with Gasteiger partial charge in [-0.2, -0.15) is 0 Å². The standard InChI is InChI=1S/C10H14N2O2/c11-8(7-2-5-12-6-7)10(9(13)14)3-1-4-10/h2,5-6,8,12H,1,3-4,11H2,(H,13,14). The van der Waals surface area contributed by atoms with E-state index in [-0.39, 0.29) is 6.04 Å². The second-order valence-electron chi connectivity index (χ2n) is 3.94. The first-order valence-corrected chi connectivity index (χ1v) is 4.78. The van der Waals surface area contributed by atoms with Gasteiger partial charge in [-0.25, -0.2) is 0 Å². The van der Waals surface area contributed by atoms with E-state index in [0.717, 1.165) is 12.0 Å². The topological polar surface area (TPSA) is 79.1 Å². The summed E-state index contributed by atoms with van der Waals surface area (Å²) < 4.78 is 0. The van der Waals surface area contributed by atoms with Crippen LogP contribution in [0.2, 0.25) is 0 Å². The highest BCUT2D eigenvalue weighted by atomic mass is 16.4. The van der Waals surface area contributed by atoms with Gasteiger partial charge in [0, 0.05) is 18.4 Å². The van der Waals surface area contributed by atoms with Crippen molar-refractivity contribution in [3.63, 3.8) is 0 Å². The Hall–Kier alpha value is -1.29. The van der Waals surface area contributed by atoms with Gasteiger partial charge in [-0.3, -0.25) is 4.79 Å². The van der Waals surface area contributed by atoms with Crippen LogP contribution in [0.3, 0.4) is 0 Å². The zero-order valence-electron chi connectivity index (χ0n) is 7.86. The summed E-state index contributed by atoms with van der Waals surface area (Å²) in [5, 5.41) is 9.16. The third kappa shape index (κ3) is 1.14. The highest BCUT2D eigenvalue weighted by molar-refractivity contribution is 5.77. The van der Waals surface area contributed by atoms with Crippen LogP contribution in [0.15, 0.2) is 18.5 Å². The summed E-state index contributed by atoms with van der Waals surface area (Å²) in [7, 11) is 0. The molecule has 1 heterocycles. The maximum absolute atomic E-state index is 11.1. The van der Waals surface area contributed by atoms with E-state index in [1.807, 2.05) is 6.07 Å². The van der Waals surface area contributed by atoms with Crippen molar-refractivity contribution >= 4 is 5.97 Å². The number of hydrogen-bond acceptors (Lipinski definition) is 2. The Morgan fingerprint density at radius 3 is 2.71 bits per heavy atom. The zero-order valence-corrected chi connectivity index (χ0v) is 7.86.